The molecule has 1 saturated heterocycles. The third kappa shape index (κ3) is 10.0. The summed E-state index contributed by atoms with van der Waals surface area (Å²) in [5.74, 6) is -0.518. The van der Waals surface area contributed by atoms with Crippen molar-refractivity contribution >= 4 is 70.0 Å². The third-order valence-corrected chi connectivity index (χ3v) is 7.57. The molecule has 1 aromatic heterocycles. The maximum Gasteiger partial charge on any atom is 0.411 e. The lowest BCUT2D eigenvalue weighted by Crippen LogP contribution is -2.49. The molecule has 4 rings (SSSR count). The largest absolute Gasteiger partial charge is 0.444 e. The van der Waals surface area contributed by atoms with E-state index in [9.17, 15) is 19.5 Å². The molecular formula is C30H34Cl4N4O6. The zero-order chi connectivity index (χ0) is 32.6. The first-order valence-electron chi connectivity index (χ1n) is 13.6. The van der Waals surface area contributed by atoms with Crippen LogP contribution >= 0.6 is 46.4 Å². The van der Waals surface area contributed by atoms with Crippen molar-refractivity contribution in [2.24, 2.45) is 0 Å². The highest BCUT2D eigenvalue weighted by Crippen LogP contribution is 2.26. The first-order valence-corrected chi connectivity index (χ1v) is 15.3. The molecule has 1 fully saturated rings. The summed E-state index contributed by atoms with van der Waals surface area (Å²) < 4.78 is 10.5. The molecule has 2 atom stereocenters. The van der Waals surface area contributed by atoms with Crippen LogP contribution in [0.15, 0.2) is 59.3 Å². The highest BCUT2D eigenvalue weighted by atomic mass is 35.5. The second-order valence-corrected chi connectivity index (χ2v) is 12.8. The van der Waals surface area contributed by atoms with Gasteiger partial charge >= 0.3 is 6.09 Å². The maximum atomic E-state index is 12.9. The van der Waals surface area contributed by atoms with E-state index in [0.29, 0.717) is 17.0 Å². The van der Waals surface area contributed by atoms with Crippen LogP contribution in [0.4, 0.5) is 10.5 Å². The monoisotopic (exact) mass is 686 g/mol. The minimum Gasteiger partial charge on any atom is -0.444 e. The Morgan fingerprint density at radius 3 is 2.36 bits per heavy atom. The van der Waals surface area contributed by atoms with E-state index in [4.69, 9.17) is 55.7 Å². The molecule has 2 unspecified atom stereocenters. The van der Waals surface area contributed by atoms with Gasteiger partial charge in [0.2, 0.25) is 5.91 Å². The van der Waals surface area contributed by atoms with Crippen molar-refractivity contribution in [2.75, 3.05) is 24.5 Å². The zero-order valence-corrected chi connectivity index (χ0v) is 27.6. The number of β-amino-alcohol motifs (C(OH)–C–C–N with tert-alkyl or cyclic N) is 1. The lowest BCUT2D eigenvalue weighted by atomic mass is 10.1. The molecule has 0 aliphatic carbocycles. The van der Waals surface area contributed by atoms with Crippen molar-refractivity contribution in [1.82, 2.24) is 15.4 Å². The normalized spacial score (nSPS) is 16.3. The van der Waals surface area contributed by atoms with Crippen molar-refractivity contribution in [2.45, 2.75) is 56.7 Å². The van der Waals surface area contributed by atoms with Crippen LogP contribution in [-0.2, 0) is 14.3 Å². The van der Waals surface area contributed by atoms with Gasteiger partial charge in [0.15, 0.2) is 10.6 Å². The first kappa shape index (κ1) is 35.5. The van der Waals surface area contributed by atoms with Gasteiger partial charge in [-0.25, -0.2) is 4.79 Å². The Hall–Kier alpha value is -3.02. The SMILES string of the molecule is CC(C)(C)OC(=O)N1CC(O)CC1C(=O)NCCN(C(=O)C(Cl)Cl)c1cccc(-c2ccno2)c1.Cc1c(Cl)cccc1Cl. The Balaban J connectivity index is 0.000000502. The minimum atomic E-state index is -1.31. The van der Waals surface area contributed by atoms with Gasteiger partial charge in [0, 0.05) is 46.9 Å². The zero-order valence-electron chi connectivity index (χ0n) is 24.6. The van der Waals surface area contributed by atoms with Gasteiger partial charge < -0.3 is 24.6 Å². The number of hydrogen-bond acceptors (Lipinski definition) is 7. The third-order valence-electron chi connectivity index (χ3n) is 6.38. The van der Waals surface area contributed by atoms with Gasteiger partial charge in [0.05, 0.1) is 18.8 Å². The fourth-order valence-electron chi connectivity index (χ4n) is 4.25. The van der Waals surface area contributed by atoms with Crippen molar-refractivity contribution in [3.63, 3.8) is 0 Å². The molecule has 238 valence electrons. The standard InChI is InChI=1S/C23H28Cl2N4O6.C7H6Cl2/c1-23(2,3)34-22(33)29-13-16(30)12-17(29)20(31)26-9-10-28(21(32)19(24)25)15-6-4-5-14(11-15)18-7-8-27-35-18;1-5-6(8)3-2-4-7(5)9/h4-8,11,16-17,19,30H,9-10,12-13H2,1-3H3,(H,26,31);2-4H,1H3. The fraction of sp³-hybridized carbons (Fsp3) is 0.400. The predicted octanol–water partition coefficient (Wildman–Crippen LogP) is 6.27. The second kappa shape index (κ2) is 15.8. The Labute approximate surface area is 276 Å². The number of nitrogens with zero attached hydrogens (tertiary/aromatic N) is 3. The Bertz CT molecular complexity index is 1410. The molecular weight excluding hydrogens is 654 g/mol. The second-order valence-electron chi connectivity index (χ2n) is 10.9. The highest BCUT2D eigenvalue weighted by molar-refractivity contribution is 6.54. The molecule has 1 aliphatic rings. The quantitative estimate of drug-likeness (QED) is 0.281. The van der Waals surface area contributed by atoms with Crippen LogP contribution in [0.1, 0.15) is 32.8 Å². The van der Waals surface area contributed by atoms with E-state index in [1.54, 1.807) is 51.1 Å². The first-order chi connectivity index (χ1) is 20.7. The predicted molar refractivity (Wildman–Crippen MR) is 171 cm³/mol. The van der Waals surface area contributed by atoms with Crippen molar-refractivity contribution in [3.05, 3.63) is 70.3 Å². The molecule has 3 aromatic rings. The summed E-state index contributed by atoms with van der Waals surface area (Å²) in [5, 5.41) is 17.9. The van der Waals surface area contributed by atoms with Crippen molar-refractivity contribution in [3.8, 4) is 11.3 Å². The summed E-state index contributed by atoms with van der Waals surface area (Å²) in [6.45, 7) is 7.15. The van der Waals surface area contributed by atoms with E-state index in [0.717, 1.165) is 15.6 Å². The number of nitrogens with one attached hydrogen (secondary N) is 1. The van der Waals surface area contributed by atoms with Gasteiger partial charge in [-0.15, -0.1) is 0 Å². The van der Waals surface area contributed by atoms with Gasteiger partial charge in [-0.05, 0) is 57.5 Å². The Morgan fingerprint density at radius 2 is 1.80 bits per heavy atom. The molecule has 1 aliphatic heterocycles. The fourth-order valence-corrected chi connectivity index (χ4v) is 4.88. The number of halogens is 4. The summed E-state index contributed by atoms with van der Waals surface area (Å²) in [7, 11) is 0. The number of aliphatic hydroxyl groups is 1. The number of benzene rings is 2. The minimum absolute atomic E-state index is 0.00772. The number of ether oxygens (including phenoxy) is 1. The Kier molecular flexibility index (Phi) is 12.7. The number of carbonyl (C=O) groups is 3. The summed E-state index contributed by atoms with van der Waals surface area (Å²) in [5.41, 5.74) is 1.39. The topological polar surface area (TPSA) is 125 Å². The highest BCUT2D eigenvalue weighted by Gasteiger charge is 2.40. The molecule has 10 nitrogen and oxygen atoms in total. The maximum absolute atomic E-state index is 12.9. The molecule has 44 heavy (non-hydrogen) atoms. The molecule has 0 radical (unpaired) electrons. The number of carbonyl (C=O) groups excluding carboxylic acids is 3. The smallest absolute Gasteiger partial charge is 0.411 e. The van der Waals surface area contributed by atoms with Crippen LogP contribution in [0, 0.1) is 6.92 Å². The van der Waals surface area contributed by atoms with Crippen LogP contribution in [0.3, 0.4) is 0 Å². The van der Waals surface area contributed by atoms with Gasteiger partial charge in [-0.3, -0.25) is 14.5 Å². The van der Waals surface area contributed by atoms with Crippen molar-refractivity contribution in [1.29, 1.82) is 0 Å². The Morgan fingerprint density at radius 1 is 1.14 bits per heavy atom. The average Bonchev–Trinajstić information content (AvgIpc) is 3.63. The van der Waals surface area contributed by atoms with Gasteiger partial charge in [-0.1, -0.05) is 69.8 Å². The van der Waals surface area contributed by atoms with E-state index in [2.05, 4.69) is 10.5 Å². The summed E-state index contributed by atoms with van der Waals surface area (Å²) >= 11 is 23.2. The van der Waals surface area contributed by atoms with Gasteiger partial charge in [-0.2, -0.15) is 0 Å². The molecule has 3 amide bonds. The van der Waals surface area contributed by atoms with Gasteiger partial charge in [0.25, 0.3) is 5.91 Å². The van der Waals surface area contributed by atoms with Crippen LogP contribution in [0.2, 0.25) is 10.0 Å². The van der Waals surface area contributed by atoms with Crippen molar-refractivity contribution < 1.29 is 28.8 Å². The molecule has 14 heteroatoms. The number of aromatic nitrogens is 1. The summed E-state index contributed by atoms with van der Waals surface area (Å²) in [6.07, 6.45) is 0.0678. The number of anilines is 1. The van der Waals surface area contributed by atoms with Crippen LogP contribution < -0.4 is 10.2 Å². The molecule has 2 heterocycles. The molecule has 2 N–H and O–H groups in total. The van der Waals surface area contributed by atoms with E-state index < -0.39 is 40.5 Å². The van der Waals surface area contributed by atoms with E-state index in [-0.39, 0.29) is 26.1 Å². The van der Waals surface area contributed by atoms with E-state index in [1.807, 2.05) is 25.1 Å². The van der Waals surface area contributed by atoms with Crippen LogP contribution in [-0.4, -0.2) is 75.3 Å². The number of likely N-dealkylation sites (tertiary alicyclic amines) is 1. The summed E-state index contributed by atoms with van der Waals surface area (Å²) in [4.78, 5) is 39.3. The van der Waals surface area contributed by atoms with Crippen LogP contribution in [0.5, 0.6) is 0 Å². The van der Waals surface area contributed by atoms with E-state index >= 15 is 0 Å². The van der Waals surface area contributed by atoms with Gasteiger partial charge in [0.1, 0.15) is 11.6 Å². The number of amides is 3. The number of hydrogen-bond donors (Lipinski definition) is 2. The van der Waals surface area contributed by atoms with E-state index in [1.165, 1.54) is 16.0 Å². The molecule has 0 spiro atoms. The number of alkyl halides is 2. The molecule has 0 saturated carbocycles. The molecule has 2 aromatic carbocycles. The summed E-state index contributed by atoms with van der Waals surface area (Å²) in [6, 6.07) is 13.2. The number of aliphatic hydroxyl groups excluding tert-OH is 1. The lowest BCUT2D eigenvalue weighted by Gasteiger charge is -2.28. The average molecular weight is 688 g/mol. The molecule has 0 bridgehead atoms. The van der Waals surface area contributed by atoms with Crippen LogP contribution in [0.25, 0.3) is 11.3 Å². The number of rotatable bonds is 7. The lowest BCUT2D eigenvalue weighted by molar-refractivity contribution is -0.125.